The van der Waals surface area contributed by atoms with Crippen LogP contribution in [0.25, 0.3) is 0 Å². The number of carbonyl (C=O) groups excluding carboxylic acids is 1. The number of carbonyl (C=O) groups is 1. The lowest BCUT2D eigenvalue weighted by atomic mass is 10.00. The molecule has 3 nitrogen and oxygen atoms in total. The Morgan fingerprint density at radius 1 is 1.47 bits per heavy atom. The maximum Gasteiger partial charge on any atom is 0.327 e. The third kappa shape index (κ3) is 2.80. The molecule has 0 heterocycles. The van der Waals surface area contributed by atoms with Gasteiger partial charge in [0.2, 0.25) is 0 Å². The van der Waals surface area contributed by atoms with Gasteiger partial charge >= 0.3 is 5.97 Å². The normalized spacial score (nSPS) is 12.3. The Kier molecular flexibility index (Phi) is 3.86. The second-order valence-electron chi connectivity index (χ2n) is 3.59. The Labute approximate surface area is 90.2 Å². The van der Waals surface area contributed by atoms with E-state index in [2.05, 4.69) is 0 Å². The highest BCUT2D eigenvalue weighted by molar-refractivity contribution is 5.77. The Bertz CT molecular complexity index is 361. The molecule has 0 saturated heterocycles. The van der Waals surface area contributed by atoms with Crippen LogP contribution in [0.4, 0.5) is 0 Å². The first-order valence-electron chi connectivity index (χ1n) is 5.05. The van der Waals surface area contributed by atoms with E-state index in [-0.39, 0.29) is 5.97 Å². The average molecular weight is 207 g/mol. The van der Waals surface area contributed by atoms with Crippen molar-refractivity contribution in [3.63, 3.8) is 0 Å². The van der Waals surface area contributed by atoms with Crippen LogP contribution in [-0.4, -0.2) is 12.6 Å². The molecule has 1 aromatic rings. The zero-order chi connectivity index (χ0) is 11.4. The first-order chi connectivity index (χ1) is 7.06. The summed E-state index contributed by atoms with van der Waals surface area (Å²) in [6, 6.07) is 5.21. The van der Waals surface area contributed by atoms with Gasteiger partial charge in [0.15, 0.2) is 0 Å². The minimum Gasteiger partial charge on any atom is -0.465 e. The van der Waals surface area contributed by atoms with Crippen molar-refractivity contribution < 1.29 is 9.53 Å². The molecule has 0 fully saturated rings. The van der Waals surface area contributed by atoms with Gasteiger partial charge in [0, 0.05) is 0 Å². The highest BCUT2D eigenvalue weighted by Crippen LogP contribution is 2.18. The molecule has 82 valence electrons. The van der Waals surface area contributed by atoms with Crippen molar-refractivity contribution in [3.05, 3.63) is 34.9 Å². The van der Waals surface area contributed by atoms with Crippen LogP contribution >= 0.6 is 0 Å². The molecule has 0 amide bonds. The maximum absolute atomic E-state index is 11.5. The summed E-state index contributed by atoms with van der Waals surface area (Å²) < 4.78 is 4.89. The minimum absolute atomic E-state index is 0.359. The summed E-state index contributed by atoms with van der Waals surface area (Å²) in [6.45, 7) is 6.04. The van der Waals surface area contributed by atoms with Crippen LogP contribution in [0.3, 0.4) is 0 Å². The zero-order valence-electron chi connectivity index (χ0n) is 9.41. The Hall–Kier alpha value is -1.35. The monoisotopic (exact) mass is 207 g/mol. The molecular formula is C12H17NO2. The molecule has 0 saturated carbocycles. The molecule has 0 aliphatic carbocycles. The lowest BCUT2D eigenvalue weighted by Gasteiger charge is -2.14. The summed E-state index contributed by atoms with van der Waals surface area (Å²) in [5.41, 5.74) is 8.77. The van der Waals surface area contributed by atoms with Crippen molar-refractivity contribution in [1.82, 2.24) is 0 Å². The molecule has 1 rings (SSSR count). The molecule has 15 heavy (non-hydrogen) atoms. The lowest BCUT2D eigenvalue weighted by molar-refractivity contribution is -0.144. The number of nitrogens with two attached hydrogens (primary N) is 1. The Morgan fingerprint density at radius 2 is 2.13 bits per heavy atom. The number of esters is 1. The van der Waals surface area contributed by atoms with Crippen LogP contribution in [0.2, 0.25) is 0 Å². The lowest BCUT2D eigenvalue weighted by Crippen LogP contribution is -2.24. The van der Waals surface area contributed by atoms with E-state index < -0.39 is 6.04 Å². The van der Waals surface area contributed by atoms with Gasteiger partial charge in [-0.1, -0.05) is 23.8 Å². The molecule has 2 N–H and O–H groups in total. The molecule has 1 atom stereocenters. The summed E-state index contributed by atoms with van der Waals surface area (Å²) >= 11 is 0. The molecule has 1 unspecified atom stereocenters. The second-order valence-corrected chi connectivity index (χ2v) is 3.59. The average Bonchev–Trinajstić information content (AvgIpc) is 2.21. The van der Waals surface area contributed by atoms with Gasteiger partial charge in [-0.2, -0.15) is 0 Å². The Morgan fingerprint density at radius 3 is 2.73 bits per heavy atom. The summed E-state index contributed by atoms with van der Waals surface area (Å²) in [4.78, 5) is 11.5. The first-order valence-corrected chi connectivity index (χ1v) is 5.05. The fraction of sp³-hybridized carbons (Fsp3) is 0.417. The van der Waals surface area contributed by atoms with Crippen molar-refractivity contribution in [3.8, 4) is 0 Å². The minimum atomic E-state index is -0.676. The van der Waals surface area contributed by atoms with Crippen LogP contribution in [-0.2, 0) is 9.53 Å². The fourth-order valence-corrected chi connectivity index (χ4v) is 1.45. The van der Waals surface area contributed by atoms with E-state index in [1.165, 1.54) is 0 Å². The zero-order valence-corrected chi connectivity index (χ0v) is 9.41. The van der Waals surface area contributed by atoms with Crippen LogP contribution < -0.4 is 5.73 Å². The van der Waals surface area contributed by atoms with E-state index >= 15 is 0 Å². The summed E-state index contributed by atoms with van der Waals surface area (Å²) in [6.07, 6.45) is 0. The molecule has 1 aromatic carbocycles. The van der Waals surface area contributed by atoms with E-state index in [4.69, 9.17) is 10.5 Å². The molecular weight excluding hydrogens is 190 g/mol. The van der Waals surface area contributed by atoms with Gasteiger partial charge in [-0.25, -0.2) is 4.79 Å². The van der Waals surface area contributed by atoms with E-state index in [0.29, 0.717) is 6.61 Å². The van der Waals surface area contributed by atoms with Crippen molar-refractivity contribution in [2.75, 3.05) is 6.61 Å². The smallest absolute Gasteiger partial charge is 0.327 e. The van der Waals surface area contributed by atoms with E-state index in [9.17, 15) is 4.79 Å². The highest BCUT2D eigenvalue weighted by atomic mass is 16.5. The second kappa shape index (κ2) is 4.94. The summed E-state index contributed by atoms with van der Waals surface area (Å²) in [7, 11) is 0. The van der Waals surface area contributed by atoms with Crippen LogP contribution in [0.5, 0.6) is 0 Å². The van der Waals surface area contributed by atoms with E-state index in [1.807, 2.05) is 32.0 Å². The van der Waals surface area contributed by atoms with Crippen molar-refractivity contribution in [2.24, 2.45) is 5.73 Å². The first kappa shape index (κ1) is 11.7. The topological polar surface area (TPSA) is 52.3 Å². The number of hydrogen-bond donors (Lipinski definition) is 1. The predicted octanol–water partition coefficient (Wildman–Crippen LogP) is 1.87. The van der Waals surface area contributed by atoms with E-state index in [0.717, 1.165) is 16.7 Å². The highest BCUT2D eigenvalue weighted by Gasteiger charge is 2.18. The molecule has 0 radical (unpaired) electrons. The van der Waals surface area contributed by atoms with Gasteiger partial charge < -0.3 is 10.5 Å². The number of aryl methyl sites for hydroxylation is 2. The van der Waals surface area contributed by atoms with Gasteiger partial charge in [-0.3, -0.25) is 0 Å². The molecule has 3 heteroatoms. The molecule has 0 aromatic heterocycles. The van der Waals surface area contributed by atoms with Crippen LogP contribution in [0.1, 0.15) is 29.7 Å². The molecule has 0 aliphatic heterocycles. The predicted molar refractivity (Wildman–Crippen MR) is 59.5 cm³/mol. The SMILES string of the molecule is CCOC(=O)C(N)c1cc(C)ccc1C. The fourth-order valence-electron chi connectivity index (χ4n) is 1.45. The van der Waals surface area contributed by atoms with E-state index in [1.54, 1.807) is 6.92 Å². The number of hydrogen-bond acceptors (Lipinski definition) is 3. The van der Waals surface area contributed by atoms with Gasteiger partial charge in [-0.15, -0.1) is 0 Å². The van der Waals surface area contributed by atoms with Crippen molar-refractivity contribution >= 4 is 5.97 Å². The molecule has 0 spiro atoms. The third-order valence-electron chi connectivity index (χ3n) is 2.31. The van der Waals surface area contributed by atoms with Gasteiger partial charge in [-0.05, 0) is 31.9 Å². The number of ether oxygens (including phenoxy) is 1. The van der Waals surface area contributed by atoms with Gasteiger partial charge in [0.1, 0.15) is 6.04 Å². The summed E-state index contributed by atoms with van der Waals surface area (Å²) in [5.74, 6) is -0.369. The third-order valence-corrected chi connectivity index (χ3v) is 2.31. The molecule has 0 bridgehead atoms. The summed E-state index contributed by atoms with van der Waals surface area (Å²) in [5, 5.41) is 0. The standard InChI is InChI=1S/C12H17NO2/c1-4-15-12(14)11(13)10-7-8(2)5-6-9(10)3/h5-7,11H,4,13H2,1-3H3. The quantitative estimate of drug-likeness (QED) is 0.770. The maximum atomic E-state index is 11.5. The van der Waals surface area contributed by atoms with Crippen LogP contribution in [0, 0.1) is 13.8 Å². The van der Waals surface area contributed by atoms with Crippen LogP contribution in [0.15, 0.2) is 18.2 Å². The number of rotatable bonds is 3. The molecule has 0 aliphatic rings. The largest absolute Gasteiger partial charge is 0.465 e. The van der Waals surface area contributed by atoms with Crippen molar-refractivity contribution in [1.29, 1.82) is 0 Å². The number of benzene rings is 1. The van der Waals surface area contributed by atoms with Gasteiger partial charge in [0.25, 0.3) is 0 Å². The Balaban J connectivity index is 2.94. The van der Waals surface area contributed by atoms with Crippen molar-refractivity contribution in [2.45, 2.75) is 26.8 Å². The van der Waals surface area contributed by atoms with Gasteiger partial charge in [0.05, 0.1) is 6.61 Å².